The SMILES string of the molecule is CCC(C)(O)P(=O)(Cc1ccccc1)Cc1ccccc1. The lowest BCUT2D eigenvalue weighted by Gasteiger charge is -2.33. The van der Waals surface area contributed by atoms with Crippen LogP contribution in [0.3, 0.4) is 0 Å². The van der Waals surface area contributed by atoms with Gasteiger partial charge in [-0.3, -0.25) is 0 Å². The lowest BCUT2D eigenvalue weighted by atomic mass is 10.2. The molecule has 0 aliphatic heterocycles. The average Bonchev–Trinajstić information content (AvgIpc) is 2.49. The molecule has 2 rings (SSSR count). The van der Waals surface area contributed by atoms with E-state index < -0.39 is 12.5 Å². The molecule has 0 amide bonds. The summed E-state index contributed by atoms with van der Waals surface area (Å²) in [5.41, 5.74) is 2.04. The monoisotopic (exact) mass is 302 g/mol. The highest BCUT2D eigenvalue weighted by molar-refractivity contribution is 7.63. The molecule has 1 unspecified atom stereocenters. The molecule has 1 atom stereocenters. The van der Waals surface area contributed by atoms with Crippen molar-refractivity contribution in [1.29, 1.82) is 0 Å². The third-order valence-electron chi connectivity index (χ3n) is 4.11. The minimum absolute atomic E-state index is 0.434. The van der Waals surface area contributed by atoms with Gasteiger partial charge in [-0.1, -0.05) is 67.6 Å². The van der Waals surface area contributed by atoms with Gasteiger partial charge in [-0.05, 0) is 24.5 Å². The maximum Gasteiger partial charge on any atom is 0.126 e. The number of benzene rings is 2. The minimum atomic E-state index is -2.81. The zero-order valence-corrected chi connectivity index (χ0v) is 13.6. The summed E-state index contributed by atoms with van der Waals surface area (Å²) < 4.78 is 13.6. The van der Waals surface area contributed by atoms with Crippen LogP contribution in [-0.2, 0) is 16.9 Å². The number of aliphatic hydroxyl groups is 1. The Bertz CT molecular complexity index is 560. The van der Waals surface area contributed by atoms with Gasteiger partial charge in [0.2, 0.25) is 0 Å². The second-order valence-electron chi connectivity index (χ2n) is 5.75. The van der Waals surface area contributed by atoms with E-state index in [9.17, 15) is 9.67 Å². The van der Waals surface area contributed by atoms with Gasteiger partial charge in [-0.2, -0.15) is 0 Å². The molecule has 0 aromatic heterocycles. The Morgan fingerprint density at radius 1 is 0.905 bits per heavy atom. The highest BCUT2D eigenvalue weighted by Crippen LogP contribution is 2.62. The molecule has 0 saturated carbocycles. The van der Waals surface area contributed by atoms with Crippen LogP contribution in [0.2, 0.25) is 0 Å². The number of hydrogen-bond donors (Lipinski definition) is 1. The van der Waals surface area contributed by atoms with Gasteiger partial charge >= 0.3 is 0 Å². The van der Waals surface area contributed by atoms with E-state index in [-0.39, 0.29) is 0 Å². The zero-order valence-electron chi connectivity index (χ0n) is 12.7. The Morgan fingerprint density at radius 3 is 1.62 bits per heavy atom. The summed E-state index contributed by atoms with van der Waals surface area (Å²) in [7, 11) is -2.81. The minimum Gasteiger partial charge on any atom is -0.382 e. The summed E-state index contributed by atoms with van der Waals surface area (Å²) in [6.45, 7) is 3.60. The Hall–Kier alpha value is -1.37. The van der Waals surface area contributed by atoms with Gasteiger partial charge in [0.15, 0.2) is 0 Å². The third-order valence-corrected chi connectivity index (χ3v) is 7.93. The van der Waals surface area contributed by atoms with Gasteiger partial charge in [0.1, 0.15) is 12.5 Å². The fraction of sp³-hybridized carbons (Fsp3) is 0.333. The van der Waals surface area contributed by atoms with Crippen molar-refractivity contribution in [2.24, 2.45) is 0 Å². The van der Waals surface area contributed by atoms with Crippen LogP contribution in [0.5, 0.6) is 0 Å². The Kier molecular flexibility index (Phi) is 5.03. The maximum absolute atomic E-state index is 13.6. The second kappa shape index (κ2) is 6.60. The highest BCUT2D eigenvalue weighted by Gasteiger charge is 2.41. The van der Waals surface area contributed by atoms with E-state index in [4.69, 9.17) is 0 Å². The van der Waals surface area contributed by atoms with E-state index in [1.54, 1.807) is 6.92 Å². The van der Waals surface area contributed by atoms with Crippen LogP contribution in [0.1, 0.15) is 31.4 Å². The predicted octanol–water partition coefficient (Wildman–Crippen LogP) is 4.87. The van der Waals surface area contributed by atoms with E-state index in [1.165, 1.54) is 0 Å². The molecular formula is C18H23O2P. The molecule has 2 aromatic rings. The molecule has 2 nitrogen and oxygen atoms in total. The van der Waals surface area contributed by atoms with Crippen molar-refractivity contribution < 1.29 is 9.67 Å². The van der Waals surface area contributed by atoms with Crippen molar-refractivity contribution in [2.75, 3.05) is 0 Å². The average molecular weight is 302 g/mol. The van der Waals surface area contributed by atoms with E-state index in [0.29, 0.717) is 18.7 Å². The molecule has 1 N–H and O–H groups in total. The molecular weight excluding hydrogens is 279 g/mol. The van der Waals surface area contributed by atoms with Gasteiger partial charge in [0.25, 0.3) is 0 Å². The molecule has 3 heteroatoms. The van der Waals surface area contributed by atoms with Crippen LogP contribution in [0, 0.1) is 0 Å². The van der Waals surface area contributed by atoms with E-state index in [0.717, 1.165) is 11.1 Å². The van der Waals surface area contributed by atoms with E-state index in [1.807, 2.05) is 67.6 Å². The van der Waals surface area contributed by atoms with Crippen LogP contribution >= 0.6 is 7.14 Å². The predicted molar refractivity (Wildman–Crippen MR) is 88.8 cm³/mol. The first-order valence-corrected chi connectivity index (χ1v) is 9.43. The summed E-state index contributed by atoms with van der Waals surface area (Å²) >= 11 is 0. The van der Waals surface area contributed by atoms with Crippen LogP contribution in [0.4, 0.5) is 0 Å². The molecule has 0 fully saturated rings. The first kappa shape index (κ1) is 16.0. The van der Waals surface area contributed by atoms with E-state index >= 15 is 0 Å². The van der Waals surface area contributed by atoms with Crippen LogP contribution < -0.4 is 0 Å². The summed E-state index contributed by atoms with van der Waals surface area (Å²) in [6, 6.07) is 19.6. The normalized spacial score (nSPS) is 14.6. The quantitative estimate of drug-likeness (QED) is 0.773. The van der Waals surface area contributed by atoms with Gasteiger partial charge in [-0.15, -0.1) is 0 Å². The van der Waals surface area contributed by atoms with Crippen molar-refractivity contribution in [1.82, 2.24) is 0 Å². The summed E-state index contributed by atoms with van der Waals surface area (Å²) in [4.78, 5) is 0. The summed E-state index contributed by atoms with van der Waals surface area (Å²) in [5.74, 6) is 0. The zero-order chi connectivity index (χ0) is 15.3. The first-order chi connectivity index (χ1) is 9.97. The van der Waals surface area contributed by atoms with Crippen LogP contribution in [0.15, 0.2) is 60.7 Å². The molecule has 0 saturated heterocycles. The molecule has 0 radical (unpaired) electrons. The Balaban J connectivity index is 2.33. The fourth-order valence-corrected chi connectivity index (χ4v) is 5.41. The van der Waals surface area contributed by atoms with Crippen molar-refractivity contribution in [2.45, 2.75) is 37.9 Å². The summed E-state index contributed by atoms with van der Waals surface area (Å²) in [6.07, 6.45) is 1.36. The van der Waals surface area contributed by atoms with Crippen molar-refractivity contribution >= 4 is 7.14 Å². The van der Waals surface area contributed by atoms with Crippen LogP contribution in [-0.4, -0.2) is 10.4 Å². The third kappa shape index (κ3) is 3.84. The molecule has 0 aliphatic carbocycles. The molecule has 112 valence electrons. The topological polar surface area (TPSA) is 37.3 Å². The molecule has 0 bridgehead atoms. The van der Waals surface area contributed by atoms with Gasteiger partial charge in [0, 0.05) is 12.3 Å². The van der Waals surface area contributed by atoms with Gasteiger partial charge < -0.3 is 9.67 Å². The van der Waals surface area contributed by atoms with Crippen molar-refractivity contribution in [3.63, 3.8) is 0 Å². The molecule has 0 aliphatic rings. The number of rotatable bonds is 6. The van der Waals surface area contributed by atoms with Crippen molar-refractivity contribution in [3.05, 3.63) is 71.8 Å². The summed E-state index contributed by atoms with van der Waals surface area (Å²) in [5, 5.41) is 9.56. The van der Waals surface area contributed by atoms with E-state index in [2.05, 4.69) is 0 Å². The molecule has 21 heavy (non-hydrogen) atoms. The standard InChI is InChI=1S/C18H23O2P/c1-3-18(2,19)21(20,14-16-10-6-4-7-11-16)15-17-12-8-5-9-13-17/h4-13,19H,3,14-15H2,1-2H3. The van der Waals surface area contributed by atoms with Crippen molar-refractivity contribution in [3.8, 4) is 0 Å². The molecule has 0 heterocycles. The maximum atomic E-state index is 13.6. The number of hydrogen-bond acceptors (Lipinski definition) is 2. The lowest BCUT2D eigenvalue weighted by molar-refractivity contribution is 0.137. The molecule has 2 aromatic carbocycles. The fourth-order valence-electron chi connectivity index (χ4n) is 2.44. The first-order valence-electron chi connectivity index (χ1n) is 7.35. The second-order valence-corrected chi connectivity index (χ2v) is 9.12. The smallest absolute Gasteiger partial charge is 0.126 e. The highest BCUT2D eigenvalue weighted by atomic mass is 31.2. The van der Waals surface area contributed by atoms with Gasteiger partial charge in [0.05, 0.1) is 0 Å². The Labute approximate surface area is 127 Å². The Morgan fingerprint density at radius 2 is 1.29 bits per heavy atom. The van der Waals surface area contributed by atoms with Gasteiger partial charge in [-0.25, -0.2) is 0 Å². The largest absolute Gasteiger partial charge is 0.382 e. The van der Waals surface area contributed by atoms with Crippen LogP contribution in [0.25, 0.3) is 0 Å². The lowest BCUT2D eigenvalue weighted by Crippen LogP contribution is -2.25. The molecule has 0 spiro atoms.